The second-order valence-corrected chi connectivity index (χ2v) is 5.91. The lowest BCUT2D eigenvalue weighted by Gasteiger charge is -2.32. The maximum atomic E-state index is 9.99. The van der Waals surface area contributed by atoms with E-state index in [4.69, 9.17) is 9.47 Å². The Morgan fingerprint density at radius 1 is 1.11 bits per heavy atom. The van der Waals surface area contributed by atoms with Gasteiger partial charge >= 0.3 is 0 Å². The van der Waals surface area contributed by atoms with Crippen LogP contribution in [-0.4, -0.2) is 25.4 Å². The van der Waals surface area contributed by atoms with Gasteiger partial charge in [-0.05, 0) is 41.5 Å². The number of aliphatic hydroxyl groups excluding tert-OH is 1. The lowest BCUT2D eigenvalue weighted by molar-refractivity contribution is 0.146. The minimum atomic E-state index is -0.379. The molecule has 1 aromatic rings. The molecular formula is C16H22O3. The van der Waals surface area contributed by atoms with E-state index in [0.717, 1.165) is 35.5 Å². The predicted octanol–water partition coefficient (Wildman–Crippen LogP) is 3.27. The number of methoxy groups -OCH3 is 2. The van der Waals surface area contributed by atoms with Gasteiger partial charge in [0, 0.05) is 6.07 Å². The van der Waals surface area contributed by atoms with Gasteiger partial charge in [0.1, 0.15) is 11.5 Å². The summed E-state index contributed by atoms with van der Waals surface area (Å²) in [5.41, 5.74) is 2.32. The zero-order valence-electron chi connectivity index (χ0n) is 12.1. The molecule has 3 heteroatoms. The standard InChI is InChI=1S/C16H22O3/c1-16(2)9-12(5-13(17)10-16)11-6-14(18-3)8-15(7-11)19-4/h5-8,13,17H,9-10H2,1-4H3. The second kappa shape index (κ2) is 5.25. The van der Waals surface area contributed by atoms with Gasteiger partial charge in [-0.2, -0.15) is 0 Å². The summed E-state index contributed by atoms with van der Waals surface area (Å²) < 4.78 is 10.6. The molecule has 0 aliphatic heterocycles. The summed E-state index contributed by atoms with van der Waals surface area (Å²) in [4.78, 5) is 0. The topological polar surface area (TPSA) is 38.7 Å². The van der Waals surface area contributed by atoms with Crippen molar-refractivity contribution < 1.29 is 14.6 Å². The molecule has 104 valence electrons. The highest BCUT2D eigenvalue weighted by molar-refractivity contribution is 5.70. The number of ether oxygens (including phenoxy) is 2. The molecule has 1 aliphatic carbocycles. The number of aliphatic hydroxyl groups is 1. The van der Waals surface area contributed by atoms with Crippen LogP contribution in [0.1, 0.15) is 32.3 Å². The van der Waals surface area contributed by atoms with Gasteiger partial charge in [-0.3, -0.25) is 0 Å². The van der Waals surface area contributed by atoms with Crippen LogP contribution in [0.4, 0.5) is 0 Å². The van der Waals surface area contributed by atoms with Crippen LogP contribution >= 0.6 is 0 Å². The van der Waals surface area contributed by atoms with Crippen molar-refractivity contribution >= 4 is 5.57 Å². The molecule has 0 spiro atoms. The molecule has 1 unspecified atom stereocenters. The van der Waals surface area contributed by atoms with Gasteiger partial charge in [0.15, 0.2) is 0 Å². The van der Waals surface area contributed by atoms with Gasteiger partial charge in [-0.1, -0.05) is 19.9 Å². The highest BCUT2D eigenvalue weighted by atomic mass is 16.5. The Morgan fingerprint density at radius 2 is 1.68 bits per heavy atom. The normalized spacial score (nSPS) is 21.7. The monoisotopic (exact) mass is 262 g/mol. The summed E-state index contributed by atoms with van der Waals surface area (Å²) >= 11 is 0. The molecule has 0 amide bonds. The molecule has 0 bridgehead atoms. The Morgan fingerprint density at radius 3 is 2.16 bits per heavy atom. The summed E-state index contributed by atoms with van der Waals surface area (Å²) in [5, 5.41) is 9.99. The molecule has 19 heavy (non-hydrogen) atoms. The van der Waals surface area contributed by atoms with Gasteiger partial charge in [0.05, 0.1) is 20.3 Å². The smallest absolute Gasteiger partial charge is 0.123 e. The highest BCUT2D eigenvalue weighted by Crippen LogP contribution is 2.41. The van der Waals surface area contributed by atoms with E-state index in [0.29, 0.717) is 0 Å². The highest BCUT2D eigenvalue weighted by Gasteiger charge is 2.28. The summed E-state index contributed by atoms with van der Waals surface area (Å²) in [6.45, 7) is 4.36. The van der Waals surface area contributed by atoms with Crippen LogP contribution < -0.4 is 9.47 Å². The Bertz CT molecular complexity index is 467. The average Bonchev–Trinajstić information content (AvgIpc) is 2.35. The third-order valence-corrected chi connectivity index (χ3v) is 3.55. The number of hydrogen-bond acceptors (Lipinski definition) is 3. The van der Waals surface area contributed by atoms with Crippen LogP contribution in [0.2, 0.25) is 0 Å². The maximum Gasteiger partial charge on any atom is 0.123 e. The van der Waals surface area contributed by atoms with Crippen molar-refractivity contribution in [3.63, 3.8) is 0 Å². The summed E-state index contributed by atoms with van der Waals surface area (Å²) in [5.74, 6) is 1.54. The number of rotatable bonds is 3. The van der Waals surface area contributed by atoms with E-state index in [-0.39, 0.29) is 11.5 Å². The lowest BCUT2D eigenvalue weighted by Crippen LogP contribution is -2.24. The Balaban J connectivity index is 2.40. The molecule has 0 radical (unpaired) electrons. The first kappa shape index (κ1) is 13.9. The number of benzene rings is 1. The first-order chi connectivity index (χ1) is 8.93. The fourth-order valence-corrected chi connectivity index (χ4v) is 2.70. The lowest BCUT2D eigenvalue weighted by atomic mass is 9.74. The minimum absolute atomic E-state index is 0.111. The number of allylic oxidation sites excluding steroid dienone is 1. The van der Waals surface area contributed by atoms with Crippen LogP contribution in [0.15, 0.2) is 24.3 Å². The first-order valence-electron chi connectivity index (χ1n) is 6.56. The predicted molar refractivity (Wildman–Crippen MR) is 76.5 cm³/mol. The molecule has 0 fully saturated rings. The number of hydrogen-bond donors (Lipinski definition) is 1. The largest absolute Gasteiger partial charge is 0.497 e. The molecule has 1 atom stereocenters. The summed E-state index contributed by atoms with van der Waals surface area (Å²) in [6, 6.07) is 5.83. The van der Waals surface area contributed by atoms with Crippen LogP contribution in [0.25, 0.3) is 5.57 Å². The summed E-state index contributed by atoms with van der Waals surface area (Å²) in [7, 11) is 3.29. The molecule has 2 rings (SSSR count). The van der Waals surface area contributed by atoms with Gasteiger partial charge in [0.2, 0.25) is 0 Å². The van der Waals surface area contributed by atoms with Crippen molar-refractivity contribution in [2.45, 2.75) is 32.8 Å². The zero-order chi connectivity index (χ0) is 14.0. The van der Waals surface area contributed by atoms with Crippen molar-refractivity contribution in [3.05, 3.63) is 29.8 Å². The Kier molecular flexibility index (Phi) is 3.85. The van der Waals surface area contributed by atoms with Crippen molar-refractivity contribution in [2.75, 3.05) is 14.2 Å². The van der Waals surface area contributed by atoms with E-state index in [1.807, 2.05) is 24.3 Å². The van der Waals surface area contributed by atoms with Crippen molar-refractivity contribution in [2.24, 2.45) is 5.41 Å². The molecule has 1 N–H and O–H groups in total. The van der Waals surface area contributed by atoms with Gasteiger partial charge in [-0.15, -0.1) is 0 Å². The maximum absolute atomic E-state index is 9.99. The summed E-state index contributed by atoms with van der Waals surface area (Å²) in [6.07, 6.45) is 3.31. The van der Waals surface area contributed by atoms with Crippen molar-refractivity contribution in [1.82, 2.24) is 0 Å². The SMILES string of the molecule is COc1cc(OC)cc(C2=CC(O)CC(C)(C)C2)c1. The quantitative estimate of drug-likeness (QED) is 0.908. The van der Waals surface area contributed by atoms with Crippen LogP contribution in [0.5, 0.6) is 11.5 Å². The molecular weight excluding hydrogens is 240 g/mol. The van der Waals surface area contributed by atoms with Gasteiger partial charge in [-0.25, -0.2) is 0 Å². The third-order valence-electron chi connectivity index (χ3n) is 3.55. The van der Waals surface area contributed by atoms with E-state index < -0.39 is 0 Å². The van der Waals surface area contributed by atoms with Gasteiger partial charge in [0.25, 0.3) is 0 Å². The molecule has 1 aromatic carbocycles. The molecule has 0 saturated heterocycles. The molecule has 0 aromatic heterocycles. The second-order valence-electron chi connectivity index (χ2n) is 5.91. The van der Waals surface area contributed by atoms with Crippen LogP contribution in [-0.2, 0) is 0 Å². The molecule has 0 heterocycles. The minimum Gasteiger partial charge on any atom is -0.497 e. The van der Waals surface area contributed by atoms with Crippen molar-refractivity contribution in [1.29, 1.82) is 0 Å². The van der Waals surface area contributed by atoms with Gasteiger partial charge < -0.3 is 14.6 Å². The fraction of sp³-hybridized carbons (Fsp3) is 0.500. The molecule has 3 nitrogen and oxygen atoms in total. The van der Waals surface area contributed by atoms with Crippen LogP contribution in [0.3, 0.4) is 0 Å². The van der Waals surface area contributed by atoms with E-state index in [1.165, 1.54) is 0 Å². The van der Waals surface area contributed by atoms with Crippen molar-refractivity contribution in [3.8, 4) is 11.5 Å². The molecule has 1 aliphatic rings. The van der Waals surface area contributed by atoms with E-state index in [9.17, 15) is 5.11 Å². The van der Waals surface area contributed by atoms with Crippen LogP contribution in [0, 0.1) is 5.41 Å². The fourth-order valence-electron chi connectivity index (χ4n) is 2.70. The Hall–Kier alpha value is -1.48. The average molecular weight is 262 g/mol. The van der Waals surface area contributed by atoms with E-state index in [2.05, 4.69) is 13.8 Å². The van der Waals surface area contributed by atoms with E-state index in [1.54, 1.807) is 14.2 Å². The van der Waals surface area contributed by atoms with E-state index >= 15 is 0 Å². The Labute approximate surface area is 114 Å². The first-order valence-corrected chi connectivity index (χ1v) is 6.56. The third kappa shape index (κ3) is 3.29. The zero-order valence-corrected chi connectivity index (χ0v) is 12.1. The molecule has 0 saturated carbocycles.